The Morgan fingerprint density at radius 2 is 1.74 bits per heavy atom. The van der Waals surface area contributed by atoms with Gasteiger partial charge in [0.15, 0.2) is 0 Å². The molecule has 0 radical (unpaired) electrons. The van der Waals surface area contributed by atoms with E-state index in [0.29, 0.717) is 38.4 Å². The molecule has 2 aromatic rings. The molecule has 0 unspecified atom stereocenters. The third-order valence-corrected chi connectivity index (χ3v) is 4.50. The molecule has 1 aliphatic rings. The molecule has 0 spiro atoms. The van der Waals surface area contributed by atoms with Crippen LogP contribution in [0.25, 0.3) is 11.1 Å². The number of cyclic esters (lactones) is 1. The summed E-state index contributed by atoms with van der Waals surface area (Å²) in [6.07, 6.45) is 0. The van der Waals surface area contributed by atoms with E-state index in [4.69, 9.17) is 25.8 Å². The fourth-order valence-electron chi connectivity index (χ4n) is 3.01. The number of ether oxygens (including phenoxy) is 3. The zero-order valence-electron chi connectivity index (χ0n) is 14.8. The van der Waals surface area contributed by atoms with Crippen molar-refractivity contribution in [3.05, 3.63) is 57.6 Å². The van der Waals surface area contributed by atoms with E-state index in [0.717, 1.165) is 0 Å². The second-order valence-corrected chi connectivity index (χ2v) is 6.45. The number of carbonyl (C=O) groups excluding carboxylic acids is 3. The van der Waals surface area contributed by atoms with E-state index in [1.54, 1.807) is 30.3 Å². The van der Waals surface area contributed by atoms with E-state index in [2.05, 4.69) is 0 Å². The average molecular weight is 389 g/mol. The van der Waals surface area contributed by atoms with Crippen molar-refractivity contribution in [2.24, 2.45) is 0 Å². The molecule has 0 saturated carbocycles. The van der Waals surface area contributed by atoms with Gasteiger partial charge in [-0.2, -0.15) is 0 Å². The third kappa shape index (κ3) is 3.95. The molecule has 0 atom stereocenters. The maximum Gasteiger partial charge on any atom is 0.339 e. The summed E-state index contributed by atoms with van der Waals surface area (Å²) in [5, 5.41) is 0.438. The van der Waals surface area contributed by atoms with Crippen LogP contribution in [0.15, 0.2) is 30.3 Å². The Hall–Kier alpha value is -2.86. The number of fused-ring (bicyclic) bond motifs is 1. The molecule has 3 rings (SSSR count). The van der Waals surface area contributed by atoms with Gasteiger partial charge >= 0.3 is 17.9 Å². The van der Waals surface area contributed by atoms with Gasteiger partial charge in [0.1, 0.15) is 19.8 Å². The molecule has 1 heterocycles. The molecule has 27 heavy (non-hydrogen) atoms. The lowest BCUT2D eigenvalue weighted by Gasteiger charge is -2.18. The Bertz CT molecular complexity index is 934. The van der Waals surface area contributed by atoms with Crippen LogP contribution in [0, 0.1) is 0 Å². The van der Waals surface area contributed by atoms with Gasteiger partial charge in [-0.1, -0.05) is 29.8 Å². The SMILES string of the molecule is CC(=O)OCc1cc2c(c(-c3ccccc3Cl)c1COC(C)=O)C(=O)OC2. The van der Waals surface area contributed by atoms with E-state index in [1.807, 2.05) is 0 Å². The summed E-state index contributed by atoms with van der Waals surface area (Å²) in [4.78, 5) is 35.0. The van der Waals surface area contributed by atoms with Crippen molar-refractivity contribution < 1.29 is 28.6 Å². The number of carbonyl (C=O) groups is 3. The van der Waals surface area contributed by atoms with Crippen LogP contribution in [0.5, 0.6) is 0 Å². The molecule has 0 fully saturated rings. The Morgan fingerprint density at radius 1 is 1.07 bits per heavy atom. The first-order chi connectivity index (χ1) is 12.9. The fourth-order valence-corrected chi connectivity index (χ4v) is 3.24. The number of hydrogen-bond acceptors (Lipinski definition) is 6. The van der Waals surface area contributed by atoms with Crippen molar-refractivity contribution >= 4 is 29.5 Å². The van der Waals surface area contributed by atoms with Crippen LogP contribution in [0.2, 0.25) is 5.02 Å². The molecular formula is C20H17ClO6. The highest BCUT2D eigenvalue weighted by Crippen LogP contribution is 2.40. The lowest BCUT2D eigenvalue weighted by Crippen LogP contribution is -2.10. The molecule has 0 aromatic heterocycles. The summed E-state index contributed by atoms with van der Waals surface area (Å²) in [5.41, 5.74) is 3.38. The van der Waals surface area contributed by atoms with Crippen LogP contribution in [-0.2, 0) is 43.6 Å². The molecule has 2 aromatic carbocycles. The minimum absolute atomic E-state index is 0.0230. The van der Waals surface area contributed by atoms with E-state index in [-0.39, 0.29) is 19.8 Å². The summed E-state index contributed by atoms with van der Waals surface area (Å²) in [7, 11) is 0. The Balaban J connectivity index is 2.25. The Labute approximate surface area is 161 Å². The monoisotopic (exact) mass is 388 g/mol. The normalized spacial score (nSPS) is 12.3. The summed E-state index contributed by atoms with van der Waals surface area (Å²) < 4.78 is 15.5. The van der Waals surface area contributed by atoms with Crippen LogP contribution in [0.1, 0.15) is 40.9 Å². The summed E-state index contributed by atoms with van der Waals surface area (Å²) >= 11 is 6.38. The van der Waals surface area contributed by atoms with Crippen LogP contribution in [0.3, 0.4) is 0 Å². The number of rotatable bonds is 5. The van der Waals surface area contributed by atoms with Crippen molar-refractivity contribution in [2.75, 3.05) is 0 Å². The molecule has 0 N–H and O–H groups in total. The average Bonchev–Trinajstić information content (AvgIpc) is 2.98. The Morgan fingerprint density at radius 3 is 2.41 bits per heavy atom. The molecular weight excluding hydrogens is 372 g/mol. The van der Waals surface area contributed by atoms with Gasteiger partial charge in [-0.3, -0.25) is 9.59 Å². The van der Waals surface area contributed by atoms with Gasteiger partial charge < -0.3 is 14.2 Å². The van der Waals surface area contributed by atoms with E-state index in [1.165, 1.54) is 13.8 Å². The minimum Gasteiger partial charge on any atom is -0.461 e. The first-order valence-corrected chi connectivity index (χ1v) is 8.62. The van der Waals surface area contributed by atoms with Crippen molar-refractivity contribution in [3.8, 4) is 11.1 Å². The highest BCUT2D eigenvalue weighted by atomic mass is 35.5. The zero-order chi connectivity index (χ0) is 19.6. The highest BCUT2D eigenvalue weighted by molar-refractivity contribution is 6.33. The first kappa shape index (κ1) is 18.9. The molecule has 0 bridgehead atoms. The molecule has 0 aliphatic carbocycles. The van der Waals surface area contributed by atoms with Crippen LogP contribution in [0.4, 0.5) is 0 Å². The minimum atomic E-state index is -0.471. The number of esters is 3. The molecule has 6 nitrogen and oxygen atoms in total. The van der Waals surface area contributed by atoms with Crippen molar-refractivity contribution in [3.63, 3.8) is 0 Å². The van der Waals surface area contributed by atoms with Crippen molar-refractivity contribution in [2.45, 2.75) is 33.7 Å². The summed E-state index contributed by atoms with van der Waals surface area (Å²) in [6, 6.07) is 8.79. The molecule has 0 saturated heterocycles. The standard InChI is InChI=1S/C20H17ClO6/c1-11(22)25-8-13-7-14-9-27-20(24)18(14)19(16(13)10-26-12(2)23)15-5-3-4-6-17(15)21/h3-7H,8-10H2,1-2H3. The fraction of sp³-hybridized carbons (Fsp3) is 0.250. The van der Waals surface area contributed by atoms with Gasteiger partial charge in [0.25, 0.3) is 0 Å². The maximum absolute atomic E-state index is 12.4. The van der Waals surface area contributed by atoms with Crippen LogP contribution < -0.4 is 0 Å². The topological polar surface area (TPSA) is 78.9 Å². The summed E-state index contributed by atoms with van der Waals surface area (Å²) in [5.74, 6) is -1.38. The molecule has 1 aliphatic heterocycles. The van der Waals surface area contributed by atoms with Gasteiger partial charge in [-0.15, -0.1) is 0 Å². The van der Waals surface area contributed by atoms with E-state index < -0.39 is 17.9 Å². The molecule has 140 valence electrons. The number of benzene rings is 2. The second kappa shape index (κ2) is 7.80. The summed E-state index contributed by atoms with van der Waals surface area (Å²) in [6.45, 7) is 2.60. The second-order valence-electron chi connectivity index (χ2n) is 6.04. The van der Waals surface area contributed by atoms with E-state index >= 15 is 0 Å². The smallest absolute Gasteiger partial charge is 0.339 e. The van der Waals surface area contributed by atoms with Crippen molar-refractivity contribution in [1.82, 2.24) is 0 Å². The van der Waals surface area contributed by atoms with Gasteiger partial charge in [-0.05, 0) is 17.7 Å². The molecule has 0 amide bonds. The van der Waals surface area contributed by atoms with Gasteiger partial charge in [0.2, 0.25) is 0 Å². The van der Waals surface area contributed by atoms with Crippen molar-refractivity contribution in [1.29, 1.82) is 0 Å². The predicted molar refractivity (Wildman–Crippen MR) is 96.9 cm³/mol. The Kier molecular flexibility index (Phi) is 5.46. The predicted octanol–water partition coefficient (Wildman–Crippen LogP) is 3.80. The van der Waals surface area contributed by atoms with Crippen LogP contribution >= 0.6 is 11.6 Å². The van der Waals surface area contributed by atoms with Gasteiger partial charge in [0.05, 0.1) is 5.56 Å². The molecule has 7 heteroatoms. The first-order valence-electron chi connectivity index (χ1n) is 8.25. The van der Waals surface area contributed by atoms with Gasteiger partial charge in [-0.25, -0.2) is 4.79 Å². The number of hydrogen-bond donors (Lipinski definition) is 0. The number of halogens is 1. The maximum atomic E-state index is 12.4. The van der Waals surface area contributed by atoms with Crippen LogP contribution in [-0.4, -0.2) is 17.9 Å². The highest BCUT2D eigenvalue weighted by Gasteiger charge is 2.31. The lowest BCUT2D eigenvalue weighted by molar-refractivity contribution is -0.143. The van der Waals surface area contributed by atoms with Gasteiger partial charge in [0, 0.05) is 41.1 Å². The lowest BCUT2D eigenvalue weighted by atomic mass is 9.88. The van der Waals surface area contributed by atoms with E-state index in [9.17, 15) is 14.4 Å². The third-order valence-electron chi connectivity index (χ3n) is 4.17. The largest absolute Gasteiger partial charge is 0.461 e. The quantitative estimate of drug-likeness (QED) is 0.572. The zero-order valence-corrected chi connectivity index (χ0v) is 15.6.